The predicted octanol–water partition coefficient (Wildman–Crippen LogP) is 2.32. The summed E-state index contributed by atoms with van der Waals surface area (Å²) in [5.41, 5.74) is 2.21. The summed E-state index contributed by atoms with van der Waals surface area (Å²) in [5, 5.41) is 3.72. The van der Waals surface area contributed by atoms with Crippen LogP contribution in [0.3, 0.4) is 0 Å². The Morgan fingerprint density at radius 1 is 1.14 bits per heavy atom. The van der Waals surface area contributed by atoms with Crippen LogP contribution in [0.25, 0.3) is 0 Å². The summed E-state index contributed by atoms with van der Waals surface area (Å²) in [6.07, 6.45) is 4.23. The molecular formula is C17H23N3O. The Labute approximate surface area is 126 Å². The van der Waals surface area contributed by atoms with Crippen LogP contribution in [-0.2, 0) is 4.79 Å². The van der Waals surface area contributed by atoms with Crippen LogP contribution in [0, 0.1) is 5.92 Å². The van der Waals surface area contributed by atoms with Crippen LogP contribution in [0.1, 0.15) is 25.7 Å². The van der Waals surface area contributed by atoms with E-state index in [0.29, 0.717) is 12.5 Å². The van der Waals surface area contributed by atoms with Crippen molar-refractivity contribution in [1.82, 2.24) is 4.90 Å². The molecule has 1 N–H and O–H groups in total. The van der Waals surface area contributed by atoms with E-state index in [1.54, 1.807) is 0 Å². The summed E-state index contributed by atoms with van der Waals surface area (Å²) in [7, 11) is 0. The highest BCUT2D eigenvalue weighted by Gasteiger charge is 2.34. The van der Waals surface area contributed by atoms with E-state index in [-0.39, 0.29) is 5.91 Å². The zero-order valence-corrected chi connectivity index (χ0v) is 12.4. The molecule has 21 heavy (non-hydrogen) atoms. The second-order valence-electron chi connectivity index (χ2n) is 6.59. The lowest BCUT2D eigenvalue weighted by molar-refractivity contribution is -0.117. The molecule has 1 amide bonds. The minimum absolute atomic E-state index is 0.260. The maximum atomic E-state index is 11.9. The third kappa shape index (κ3) is 2.53. The van der Waals surface area contributed by atoms with Crippen molar-refractivity contribution < 1.29 is 4.79 Å². The quantitative estimate of drug-likeness (QED) is 0.926. The Morgan fingerprint density at radius 3 is 2.90 bits per heavy atom. The van der Waals surface area contributed by atoms with Gasteiger partial charge in [0.25, 0.3) is 0 Å². The van der Waals surface area contributed by atoms with Crippen molar-refractivity contribution in [2.45, 2.75) is 31.7 Å². The van der Waals surface area contributed by atoms with Crippen LogP contribution in [0.5, 0.6) is 0 Å². The fraction of sp³-hybridized carbons (Fsp3) is 0.588. The molecule has 112 valence electrons. The second kappa shape index (κ2) is 5.34. The van der Waals surface area contributed by atoms with Gasteiger partial charge in [0.15, 0.2) is 0 Å². The van der Waals surface area contributed by atoms with Crippen molar-refractivity contribution in [1.29, 1.82) is 0 Å². The molecule has 0 aromatic heterocycles. The minimum atomic E-state index is 0.260. The van der Waals surface area contributed by atoms with Gasteiger partial charge in [-0.2, -0.15) is 0 Å². The van der Waals surface area contributed by atoms with Gasteiger partial charge in [-0.25, -0.2) is 0 Å². The number of benzene rings is 1. The Kier molecular flexibility index (Phi) is 3.34. The summed E-state index contributed by atoms with van der Waals surface area (Å²) in [4.78, 5) is 16.4. The van der Waals surface area contributed by atoms with Crippen molar-refractivity contribution in [3.05, 3.63) is 24.3 Å². The third-order valence-electron chi connectivity index (χ3n) is 5.22. The van der Waals surface area contributed by atoms with Crippen molar-refractivity contribution in [3.63, 3.8) is 0 Å². The normalized spacial score (nSPS) is 31.7. The van der Waals surface area contributed by atoms with Crippen LogP contribution in [0.2, 0.25) is 0 Å². The Balaban J connectivity index is 1.49. The highest BCUT2D eigenvalue weighted by Crippen LogP contribution is 2.31. The zero-order valence-electron chi connectivity index (χ0n) is 12.4. The fourth-order valence-corrected chi connectivity index (χ4v) is 4.04. The van der Waals surface area contributed by atoms with Crippen LogP contribution < -0.4 is 10.2 Å². The second-order valence-corrected chi connectivity index (χ2v) is 6.59. The van der Waals surface area contributed by atoms with E-state index in [2.05, 4.69) is 28.4 Å². The standard InChI is InChI=1S/C17H23N3O/c21-17-5-2-8-20(17)15-4-1-3-14(11-15)18-16-7-10-19-9-6-13(16)12-19/h1,3-4,11,13,16,18H,2,5-10,12H2. The summed E-state index contributed by atoms with van der Waals surface area (Å²) >= 11 is 0. The molecule has 1 aromatic carbocycles. The van der Waals surface area contributed by atoms with Gasteiger partial charge in [0.2, 0.25) is 5.91 Å². The number of anilines is 2. The van der Waals surface area contributed by atoms with Crippen molar-refractivity contribution in [2.75, 3.05) is 36.4 Å². The lowest BCUT2D eigenvalue weighted by Gasteiger charge is -2.32. The van der Waals surface area contributed by atoms with E-state index < -0.39 is 0 Å². The van der Waals surface area contributed by atoms with Gasteiger partial charge in [0.05, 0.1) is 0 Å². The first kappa shape index (κ1) is 13.1. The maximum absolute atomic E-state index is 11.9. The monoisotopic (exact) mass is 285 g/mol. The molecule has 1 aromatic rings. The summed E-state index contributed by atoms with van der Waals surface area (Å²) in [6, 6.07) is 8.98. The van der Waals surface area contributed by atoms with Crippen LogP contribution in [0.4, 0.5) is 11.4 Å². The lowest BCUT2D eigenvalue weighted by atomic mass is 9.94. The van der Waals surface area contributed by atoms with Crippen LogP contribution in [0.15, 0.2) is 24.3 Å². The largest absolute Gasteiger partial charge is 0.382 e. The van der Waals surface area contributed by atoms with Gasteiger partial charge in [-0.3, -0.25) is 4.79 Å². The first-order valence-corrected chi connectivity index (χ1v) is 8.19. The van der Waals surface area contributed by atoms with E-state index in [4.69, 9.17) is 0 Å². The van der Waals surface area contributed by atoms with E-state index in [9.17, 15) is 4.79 Å². The summed E-state index contributed by atoms with van der Waals surface area (Å²) < 4.78 is 0. The van der Waals surface area contributed by atoms with E-state index in [1.165, 1.54) is 32.5 Å². The molecule has 0 saturated carbocycles. The first-order chi connectivity index (χ1) is 10.3. The number of carbonyl (C=O) groups excluding carboxylic acids is 1. The Bertz CT molecular complexity index is 545. The highest BCUT2D eigenvalue weighted by atomic mass is 16.2. The number of hydrogen-bond acceptors (Lipinski definition) is 3. The zero-order chi connectivity index (χ0) is 14.2. The molecule has 0 spiro atoms. The maximum Gasteiger partial charge on any atom is 0.227 e. The molecule has 3 heterocycles. The summed E-state index contributed by atoms with van der Waals surface area (Å²) in [5.74, 6) is 1.05. The van der Waals surface area contributed by atoms with Crippen LogP contribution in [-0.4, -0.2) is 43.0 Å². The Hall–Kier alpha value is -1.55. The average molecular weight is 285 g/mol. The lowest BCUT2D eigenvalue weighted by Crippen LogP contribution is -2.39. The number of hydrogen-bond donors (Lipinski definition) is 1. The van der Waals surface area contributed by atoms with E-state index in [0.717, 1.165) is 30.3 Å². The third-order valence-corrected chi connectivity index (χ3v) is 5.22. The molecular weight excluding hydrogens is 262 g/mol. The smallest absolute Gasteiger partial charge is 0.227 e. The van der Waals surface area contributed by atoms with Crippen molar-refractivity contribution in [2.24, 2.45) is 5.92 Å². The Morgan fingerprint density at radius 2 is 2.05 bits per heavy atom. The molecule has 3 aliphatic rings. The average Bonchev–Trinajstić information content (AvgIpc) is 3.09. The van der Waals surface area contributed by atoms with Crippen LogP contribution >= 0.6 is 0 Å². The number of carbonyl (C=O) groups is 1. The number of nitrogens with zero attached hydrogens (tertiary/aromatic N) is 2. The molecule has 3 atom stereocenters. The van der Waals surface area contributed by atoms with Gasteiger partial charge in [-0.1, -0.05) is 6.07 Å². The molecule has 3 aliphatic heterocycles. The van der Waals surface area contributed by atoms with Crippen molar-refractivity contribution in [3.8, 4) is 0 Å². The molecule has 4 rings (SSSR count). The molecule has 4 nitrogen and oxygen atoms in total. The molecule has 0 radical (unpaired) electrons. The minimum Gasteiger partial charge on any atom is -0.382 e. The topological polar surface area (TPSA) is 35.6 Å². The molecule has 0 aliphatic carbocycles. The first-order valence-electron chi connectivity index (χ1n) is 8.19. The van der Waals surface area contributed by atoms with Gasteiger partial charge >= 0.3 is 0 Å². The van der Waals surface area contributed by atoms with Gasteiger partial charge in [0.1, 0.15) is 0 Å². The molecule has 3 saturated heterocycles. The van der Waals surface area contributed by atoms with Gasteiger partial charge < -0.3 is 15.1 Å². The predicted molar refractivity (Wildman–Crippen MR) is 84.6 cm³/mol. The fourth-order valence-electron chi connectivity index (χ4n) is 4.04. The SMILES string of the molecule is O=C1CCCN1c1cccc(NC2CCN3CCC2C3)c1. The van der Waals surface area contributed by atoms with Crippen molar-refractivity contribution >= 4 is 17.3 Å². The number of rotatable bonds is 3. The number of fused-ring (bicyclic) bond motifs is 2. The van der Waals surface area contributed by atoms with Gasteiger partial charge in [-0.05, 0) is 49.9 Å². The number of nitrogens with one attached hydrogen (secondary N) is 1. The highest BCUT2D eigenvalue weighted by molar-refractivity contribution is 5.95. The molecule has 3 fully saturated rings. The molecule has 3 unspecified atom stereocenters. The van der Waals surface area contributed by atoms with E-state index >= 15 is 0 Å². The molecule has 4 heteroatoms. The van der Waals surface area contributed by atoms with Gasteiger partial charge in [-0.15, -0.1) is 0 Å². The summed E-state index contributed by atoms with van der Waals surface area (Å²) in [6.45, 7) is 4.61. The van der Waals surface area contributed by atoms with E-state index in [1.807, 2.05) is 11.0 Å². The molecule has 2 bridgehead atoms. The van der Waals surface area contributed by atoms with Gasteiger partial charge in [0, 0.05) is 43.5 Å². The number of amides is 1. The number of piperidine rings is 1.